The topological polar surface area (TPSA) is 75.4 Å². The van der Waals surface area contributed by atoms with Crippen LogP contribution in [0.2, 0.25) is 0 Å². The maximum absolute atomic E-state index is 12.1. The van der Waals surface area contributed by atoms with E-state index in [-0.39, 0.29) is 5.43 Å². The number of aromatic amines is 1. The van der Waals surface area contributed by atoms with Crippen LogP contribution in [0.25, 0.3) is 10.2 Å². The number of pyridine rings is 1. The molecule has 0 amide bonds. The fourth-order valence-electron chi connectivity index (χ4n) is 3.70. The molecule has 0 unspecified atom stereocenters. The van der Waals surface area contributed by atoms with Crippen LogP contribution in [0.3, 0.4) is 0 Å². The van der Waals surface area contributed by atoms with Gasteiger partial charge in [-0.1, -0.05) is 28.1 Å². The first-order valence-electron chi connectivity index (χ1n) is 11.3. The molecule has 0 aliphatic rings. The number of rotatable bonds is 12. The molecular formula is C26H27Br2N3O3S. The van der Waals surface area contributed by atoms with Crippen molar-refractivity contribution in [2.75, 3.05) is 32.1 Å². The summed E-state index contributed by atoms with van der Waals surface area (Å²) in [5.41, 5.74) is 3.21. The van der Waals surface area contributed by atoms with Crippen LogP contribution < -0.4 is 25.5 Å². The summed E-state index contributed by atoms with van der Waals surface area (Å²) in [6.07, 6.45) is 1.72. The van der Waals surface area contributed by atoms with Gasteiger partial charge >= 0.3 is 0 Å². The number of aromatic nitrogens is 1. The average molecular weight is 621 g/mol. The van der Waals surface area contributed by atoms with E-state index in [1.165, 1.54) is 16.9 Å². The maximum atomic E-state index is 12.1. The van der Waals surface area contributed by atoms with Gasteiger partial charge in [0.15, 0.2) is 0 Å². The summed E-state index contributed by atoms with van der Waals surface area (Å²) < 4.78 is 14.1. The number of thiophene rings is 1. The predicted molar refractivity (Wildman–Crippen MR) is 151 cm³/mol. The highest BCUT2D eigenvalue weighted by atomic mass is 79.9. The second kappa shape index (κ2) is 12.6. The molecule has 0 aliphatic carbocycles. The number of benzene rings is 2. The van der Waals surface area contributed by atoms with E-state index in [0.717, 1.165) is 68.0 Å². The van der Waals surface area contributed by atoms with Crippen molar-refractivity contribution in [3.8, 4) is 11.5 Å². The summed E-state index contributed by atoms with van der Waals surface area (Å²) >= 11 is 8.69. The minimum Gasteiger partial charge on any atom is -0.497 e. The van der Waals surface area contributed by atoms with Crippen molar-refractivity contribution in [3.63, 3.8) is 0 Å². The van der Waals surface area contributed by atoms with Gasteiger partial charge in [0.05, 0.1) is 28.4 Å². The van der Waals surface area contributed by atoms with Crippen molar-refractivity contribution in [2.24, 2.45) is 0 Å². The van der Waals surface area contributed by atoms with Gasteiger partial charge in [-0.3, -0.25) is 4.79 Å². The normalized spacial score (nSPS) is 11.1. The van der Waals surface area contributed by atoms with Crippen molar-refractivity contribution in [1.29, 1.82) is 0 Å². The summed E-state index contributed by atoms with van der Waals surface area (Å²) in [7, 11) is 1.67. The third kappa shape index (κ3) is 7.10. The summed E-state index contributed by atoms with van der Waals surface area (Å²) in [6.45, 7) is 2.85. The fourth-order valence-corrected chi connectivity index (χ4v) is 5.89. The quantitative estimate of drug-likeness (QED) is 0.161. The van der Waals surface area contributed by atoms with E-state index in [1.54, 1.807) is 13.2 Å². The summed E-state index contributed by atoms with van der Waals surface area (Å²) in [6, 6.07) is 15.7. The lowest BCUT2D eigenvalue weighted by atomic mass is 10.1. The zero-order chi connectivity index (χ0) is 24.6. The number of hydrogen-bond donors (Lipinski definition) is 3. The Morgan fingerprint density at radius 3 is 2.69 bits per heavy atom. The first kappa shape index (κ1) is 25.8. The van der Waals surface area contributed by atoms with Gasteiger partial charge in [-0.05, 0) is 70.2 Å². The monoisotopic (exact) mass is 619 g/mol. The van der Waals surface area contributed by atoms with Gasteiger partial charge in [0, 0.05) is 35.6 Å². The maximum Gasteiger partial charge on any atom is 0.201 e. The van der Waals surface area contributed by atoms with Gasteiger partial charge in [-0.2, -0.15) is 0 Å². The second-order valence-electron chi connectivity index (χ2n) is 7.99. The summed E-state index contributed by atoms with van der Waals surface area (Å²) in [4.78, 5) is 15.4. The standard InChI is InChI=1S/C26H27Br2N3O3S/c1-33-20-5-3-17(4-6-20)7-11-34-25-18(13-19(27)14-21(25)28)16-29-9-2-10-30-24-15-23(32)26-22(31-24)8-12-35-26/h3-6,8,12-15,29H,2,7,9-11,16H2,1H3,(H2,30,31,32). The first-order valence-corrected chi connectivity index (χ1v) is 13.8. The Balaban J connectivity index is 1.25. The molecule has 0 bridgehead atoms. The lowest BCUT2D eigenvalue weighted by molar-refractivity contribution is 0.315. The van der Waals surface area contributed by atoms with E-state index in [0.29, 0.717) is 13.2 Å². The van der Waals surface area contributed by atoms with Gasteiger partial charge in [-0.25, -0.2) is 0 Å². The third-order valence-corrected chi connectivity index (χ3v) is 7.45. The lowest BCUT2D eigenvalue weighted by Crippen LogP contribution is -2.19. The fraction of sp³-hybridized carbons (Fsp3) is 0.269. The van der Waals surface area contributed by atoms with Crippen molar-refractivity contribution in [2.45, 2.75) is 19.4 Å². The van der Waals surface area contributed by atoms with Crippen molar-refractivity contribution in [3.05, 3.63) is 84.2 Å². The van der Waals surface area contributed by atoms with Crippen molar-refractivity contribution >= 4 is 59.2 Å². The van der Waals surface area contributed by atoms with Crippen LogP contribution in [0.4, 0.5) is 5.82 Å². The highest BCUT2D eigenvalue weighted by Crippen LogP contribution is 2.33. The molecule has 0 saturated heterocycles. The average Bonchev–Trinajstić information content (AvgIpc) is 3.32. The number of methoxy groups -OCH3 is 1. The van der Waals surface area contributed by atoms with Crippen LogP contribution >= 0.6 is 43.2 Å². The molecule has 0 aliphatic heterocycles. The smallest absolute Gasteiger partial charge is 0.201 e. The number of nitrogens with one attached hydrogen (secondary N) is 3. The van der Waals surface area contributed by atoms with E-state index >= 15 is 0 Å². The number of H-pyrrole nitrogens is 1. The molecule has 35 heavy (non-hydrogen) atoms. The van der Waals surface area contributed by atoms with Gasteiger partial charge in [0.2, 0.25) is 5.43 Å². The molecule has 3 N–H and O–H groups in total. The summed E-state index contributed by atoms with van der Waals surface area (Å²) in [5.74, 6) is 2.46. The molecule has 184 valence electrons. The molecule has 4 aromatic rings. The van der Waals surface area contributed by atoms with Crippen LogP contribution in [-0.2, 0) is 13.0 Å². The van der Waals surface area contributed by atoms with E-state index in [9.17, 15) is 4.79 Å². The number of hydrogen-bond acceptors (Lipinski definition) is 6. The van der Waals surface area contributed by atoms with Crippen molar-refractivity contribution in [1.82, 2.24) is 10.3 Å². The van der Waals surface area contributed by atoms with Gasteiger partial charge in [0.25, 0.3) is 0 Å². The highest BCUT2D eigenvalue weighted by molar-refractivity contribution is 9.11. The molecule has 4 rings (SSSR count). The minimum atomic E-state index is 0.0501. The molecule has 6 nitrogen and oxygen atoms in total. The molecule has 2 aromatic heterocycles. The van der Waals surface area contributed by atoms with E-state index in [2.05, 4.69) is 65.7 Å². The molecule has 0 saturated carbocycles. The Labute approximate surface area is 225 Å². The molecule has 9 heteroatoms. The molecular weight excluding hydrogens is 594 g/mol. The Morgan fingerprint density at radius 2 is 1.89 bits per heavy atom. The number of halogens is 2. The van der Waals surface area contributed by atoms with E-state index in [1.807, 2.05) is 29.6 Å². The first-order chi connectivity index (χ1) is 17.0. The molecule has 0 fully saturated rings. The van der Waals surface area contributed by atoms with E-state index in [4.69, 9.17) is 9.47 Å². The molecule has 0 spiro atoms. The lowest BCUT2D eigenvalue weighted by Gasteiger charge is -2.15. The highest BCUT2D eigenvalue weighted by Gasteiger charge is 2.11. The zero-order valence-electron chi connectivity index (χ0n) is 19.3. The second-order valence-corrected chi connectivity index (χ2v) is 10.7. The Kier molecular flexibility index (Phi) is 9.25. The van der Waals surface area contributed by atoms with E-state index < -0.39 is 0 Å². The van der Waals surface area contributed by atoms with Crippen LogP contribution in [0, 0.1) is 0 Å². The summed E-state index contributed by atoms with van der Waals surface area (Å²) in [5, 5.41) is 8.73. The largest absolute Gasteiger partial charge is 0.497 e. The number of anilines is 1. The SMILES string of the molecule is COc1ccc(CCOc2c(Br)cc(Br)cc2CNCCCNc2cc(=O)c3sccc3[nH]2)cc1. The minimum absolute atomic E-state index is 0.0501. The Bertz CT molecular complexity index is 1320. The molecule has 0 radical (unpaired) electrons. The van der Waals surface area contributed by atoms with Crippen LogP contribution in [0.1, 0.15) is 17.5 Å². The van der Waals surface area contributed by atoms with Gasteiger partial charge < -0.3 is 25.1 Å². The number of ether oxygens (including phenoxy) is 2. The Hall–Kier alpha value is -2.33. The zero-order valence-corrected chi connectivity index (χ0v) is 23.3. The van der Waals surface area contributed by atoms with Crippen LogP contribution in [0.5, 0.6) is 11.5 Å². The molecule has 2 heterocycles. The van der Waals surface area contributed by atoms with Gasteiger partial charge in [-0.15, -0.1) is 11.3 Å². The van der Waals surface area contributed by atoms with Crippen LogP contribution in [-0.4, -0.2) is 31.8 Å². The Morgan fingerprint density at radius 1 is 1.06 bits per heavy atom. The van der Waals surface area contributed by atoms with Crippen LogP contribution in [0.15, 0.2) is 67.7 Å². The molecule has 0 atom stereocenters. The number of fused-ring (bicyclic) bond motifs is 1. The predicted octanol–water partition coefficient (Wildman–Crippen LogP) is 6.34. The van der Waals surface area contributed by atoms with Gasteiger partial charge in [0.1, 0.15) is 17.3 Å². The molecule has 2 aromatic carbocycles. The van der Waals surface area contributed by atoms with Crippen molar-refractivity contribution < 1.29 is 9.47 Å². The third-order valence-electron chi connectivity index (χ3n) is 5.48.